The number of ether oxygens (including phenoxy) is 1. The van der Waals surface area contributed by atoms with Crippen molar-refractivity contribution in [2.24, 2.45) is 17.1 Å². The number of nitrogens with zero attached hydrogens (tertiary/aromatic N) is 6. The standard InChI is InChI=1S/C24H29N7O3/c1-25-29(2)12-10-20(9-11-26-17-19-7-5-4-6-8-19)28-23(32)22-21(18-27-30(22)3)24(33)31-13-15-34-16-14-31/h4-12,18H,1,13-17H2,2-3H3,(H,28,32)/b12-10-,20-9+,26-11?. The molecule has 0 atom stereocenters. The Morgan fingerprint density at radius 1 is 1.26 bits per heavy atom. The predicted molar refractivity (Wildman–Crippen MR) is 131 cm³/mol. The Hall–Kier alpha value is -4.05. The maximum Gasteiger partial charge on any atom is 0.274 e. The normalized spacial score (nSPS) is 14.5. The van der Waals surface area contributed by atoms with Crippen molar-refractivity contribution >= 4 is 24.7 Å². The van der Waals surface area contributed by atoms with Crippen LogP contribution in [0.15, 0.2) is 70.7 Å². The SMILES string of the molecule is C=NN(C)/C=C\C(=C/C=NCc1ccccc1)NC(=O)c1c(C(=O)N2CCOCC2)cnn1C. The van der Waals surface area contributed by atoms with E-state index in [4.69, 9.17) is 4.74 Å². The van der Waals surface area contributed by atoms with Crippen molar-refractivity contribution in [1.29, 1.82) is 0 Å². The fraction of sp³-hybridized carbons (Fsp3) is 0.292. The Kier molecular flexibility index (Phi) is 8.87. The van der Waals surface area contributed by atoms with E-state index in [9.17, 15) is 9.59 Å². The first kappa shape index (κ1) is 24.6. The lowest BCUT2D eigenvalue weighted by molar-refractivity contribution is 0.0301. The van der Waals surface area contributed by atoms with Gasteiger partial charge < -0.3 is 15.0 Å². The zero-order valence-electron chi connectivity index (χ0n) is 19.4. The molecule has 10 nitrogen and oxygen atoms in total. The third-order valence-electron chi connectivity index (χ3n) is 5.11. The van der Waals surface area contributed by atoms with E-state index in [2.05, 4.69) is 27.2 Å². The Balaban J connectivity index is 1.78. The number of hydrogen-bond acceptors (Lipinski definition) is 7. The minimum atomic E-state index is -0.460. The highest BCUT2D eigenvalue weighted by molar-refractivity contribution is 6.06. The van der Waals surface area contributed by atoms with Crippen molar-refractivity contribution in [3.05, 3.63) is 77.4 Å². The highest BCUT2D eigenvalue weighted by atomic mass is 16.5. The van der Waals surface area contributed by atoms with Gasteiger partial charge in [-0.25, -0.2) is 0 Å². The quantitative estimate of drug-likeness (QED) is 0.347. The fourth-order valence-electron chi connectivity index (χ4n) is 3.24. The zero-order chi connectivity index (χ0) is 24.3. The Labute approximate surface area is 198 Å². The lowest BCUT2D eigenvalue weighted by Gasteiger charge is -2.26. The van der Waals surface area contributed by atoms with E-state index < -0.39 is 5.91 Å². The molecule has 178 valence electrons. The minimum absolute atomic E-state index is 0.173. The molecule has 0 saturated carbocycles. The van der Waals surface area contributed by atoms with Crippen molar-refractivity contribution in [3.63, 3.8) is 0 Å². The Morgan fingerprint density at radius 2 is 2.00 bits per heavy atom. The van der Waals surface area contributed by atoms with Gasteiger partial charge in [0.2, 0.25) is 0 Å². The van der Waals surface area contributed by atoms with Crippen molar-refractivity contribution in [1.82, 2.24) is 25.0 Å². The van der Waals surface area contributed by atoms with Gasteiger partial charge >= 0.3 is 0 Å². The predicted octanol–water partition coefficient (Wildman–Crippen LogP) is 1.84. The maximum absolute atomic E-state index is 13.2. The van der Waals surface area contributed by atoms with Crippen LogP contribution in [0.5, 0.6) is 0 Å². The second kappa shape index (κ2) is 12.3. The number of allylic oxidation sites excluding steroid dienone is 2. The summed E-state index contributed by atoms with van der Waals surface area (Å²) in [6.45, 7) is 5.86. The van der Waals surface area contributed by atoms with Gasteiger partial charge in [-0.05, 0) is 17.7 Å². The van der Waals surface area contributed by atoms with Crippen LogP contribution >= 0.6 is 0 Å². The molecule has 1 aliphatic rings. The van der Waals surface area contributed by atoms with E-state index in [1.165, 1.54) is 15.9 Å². The van der Waals surface area contributed by atoms with E-state index in [0.717, 1.165) is 5.56 Å². The number of benzene rings is 1. The Morgan fingerprint density at radius 3 is 2.71 bits per heavy atom. The molecule has 0 unspecified atom stereocenters. The van der Waals surface area contributed by atoms with Crippen molar-refractivity contribution in [2.75, 3.05) is 33.4 Å². The number of aliphatic imine (C=N–C) groups is 1. The topological polar surface area (TPSA) is 104 Å². The maximum atomic E-state index is 13.2. The summed E-state index contributed by atoms with van der Waals surface area (Å²) in [6, 6.07) is 9.84. The number of hydrogen-bond donors (Lipinski definition) is 1. The molecule has 2 heterocycles. The first-order valence-electron chi connectivity index (χ1n) is 10.8. The lowest BCUT2D eigenvalue weighted by Crippen LogP contribution is -2.41. The molecular weight excluding hydrogens is 434 g/mol. The molecule has 0 bridgehead atoms. The van der Waals surface area contributed by atoms with E-state index in [1.54, 1.807) is 43.6 Å². The number of nitrogens with one attached hydrogen (secondary N) is 1. The summed E-state index contributed by atoms with van der Waals surface area (Å²) in [5, 5.41) is 12.3. The van der Waals surface area contributed by atoms with Crippen LogP contribution in [0.1, 0.15) is 26.4 Å². The summed E-state index contributed by atoms with van der Waals surface area (Å²) in [5.74, 6) is -0.708. The van der Waals surface area contributed by atoms with Crippen LogP contribution in [-0.4, -0.2) is 77.8 Å². The molecule has 1 saturated heterocycles. The first-order valence-corrected chi connectivity index (χ1v) is 10.8. The highest BCUT2D eigenvalue weighted by Gasteiger charge is 2.27. The van der Waals surface area contributed by atoms with Crippen LogP contribution in [-0.2, 0) is 18.3 Å². The number of aromatic nitrogens is 2. The third-order valence-corrected chi connectivity index (χ3v) is 5.11. The van der Waals surface area contributed by atoms with Crippen LogP contribution in [0.2, 0.25) is 0 Å². The molecule has 1 aliphatic heterocycles. The third kappa shape index (κ3) is 6.72. The van der Waals surface area contributed by atoms with E-state index in [-0.39, 0.29) is 17.2 Å². The van der Waals surface area contributed by atoms with Crippen LogP contribution < -0.4 is 5.32 Å². The first-order chi connectivity index (χ1) is 16.5. The molecule has 0 aliphatic carbocycles. The van der Waals surface area contributed by atoms with Gasteiger partial charge in [-0.2, -0.15) is 10.2 Å². The molecule has 3 rings (SSSR count). The number of hydrazone groups is 1. The molecule has 2 aromatic rings. The number of carbonyl (C=O) groups excluding carboxylic acids is 2. The number of amides is 2. The van der Waals surface area contributed by atoms with Crippen LogP contribution in [0.25, 0.3) is 0 Å². The molecule has 10 heteroatoms. The summed E-state index contributed by atoms with van der Waals surface area (Å²) in [4.78, 5) is 32.2. The smallest absolute Gasteiger partial charge is 0.274 e. The van der Waals surface area contributed by atoms with Gasteiger partial charge in [0.1, 0.15) is 5.69 Å². The van der Waals surface area contributed by atoms with Gasteiger partial charge in [0.25, 0.3) is 11.8 Å². The number of rotatable bonds is 9. The second-order valence-electron chi connectivity index (χ2n) is 7.52. The molecular formula is C24H29N7O3. The van der Waals surface area contributed by atoms with Crippen LogP contribution in [0.4, 0.5) is 0 Å². The van der Waals surface area contributed by atoms with Gasteiger partial charge in [-0.15, -0.1) is 0 Å². The molecule has 2 amide bonds. The van der Waals surface area contributed by atoms with Gasteiger partial charge in [-0.3, -0.25) is 24.3 Å². The lowest BCUT2D eigenvalue weighted by atomic mass is 10.2. The molecule has 1 aromatic carbocycles. The van der Waals surface area contributed by atoms with E-state index >= 15 is 0 Å². The van der Waals surface area contributed by atoms with Crippen molar-refractivity contribution < 1.29 is 14.3 Å². The Bertz CT molecular complexity index is 1080. The molecule has 1 N–H and O–H groups in total. The summed E-state index contributed by atoms with van der Waals surface area (Å²) in [5.41, 5.74) is 1.95. The number of morpholine rings is 1. The van der Waals surface area contributed by atoms with Gasteiger partial charge in [-0.1, -0.05) is 30.3 Å². The van der Waals surface area contributed by atoms with E-state index in [0.29, 0.717) is 38.5 Å². The van der Waals surface area contributed by atoms with Gasteiger partial charge in [0, 0.05) is 52.0 Å². The average Bonchev–Trinajstić information content (AvgIpc) is 3.26. The van der Waals surface area contributed by atoms with Gasteiger partial charge in [0.15, 0.2) is 0 Å². The summed E-state index contributed by atoms with van der Waals surface area (Å²) in [7, 11) is 3.34. The number of carbonyl (C=O) groups is 2. The molecule has 1 fully saturated rings. The summed E-state index contributed by atoms with van der Waals surface area (Å²) in [6.07, 6.45) is 8.03. The fourth-order valence-corrected chi connectivity index (χ4v) is 3.24. The van der Waals surface area contributed by atoms with Crippen LogP contribution in [0.3, 0.4) is 0 Å². The number of aryl methyl sites for hydroxylation is 1. The zero-order valence-corrected chi connectivity index (χ0v) is 19.4. The van der Waals surface area contributed by atoms with Crippen LogP contribution in [0, 0.1) is 0 Å². The van der Waals surface area contributed by atoms with E-state index in [1.807, 2.05) is 30.3 Å². The van der Waals surface area contributed by atoms with Crippen molar-refractivity contribution in [3.8, 4) is 0 Å². The largest absolute Gasteiger partial charge is 0.378 e. The molecule has 34 heavy (non-hydrogen) atoms. The monoisotopic (exact) mass is 463 g/mol. The second-order valence-corrected chi connectivity index (χ2v) is 7.52. The van der Waals surface area contributed by atoms with Gasteiger partial charge in [0.05, 0.1) is 31.5 Å². The molecule has 0 radical (unpaired) electrons. The molecule has 0 spiro atoms. The highest BCUT2D eigenvalue weighted by Crippen LogP contribution is 2.13. The average molecular weight is 464 g/mol. The molecule has 1 aromatic heterocycles. The summed E-state index contributed by atoms with van der Waals surface area (Å²) < 4.78 is 6.71. The summed E-state index contributed by atoms with van der Waals surface area (Å²) >= 11 is 0. The minimum Gasteiger partial charge on any atom is -0.378 e. The van der Waals surface area contributed by atoms with Crippen molar-refractivity contribution in [2.45, 2.75) is 6.54 Å².